The Bertz CT molecular complexity index is 386. The van der Waals surface area contributed by atoms with Crippen LogP contribution < -0.4 is 10.6 Å². The van der Waals surface area contributed by atoms with Crippen molar-refractivity contribution >= 4 is 11.8 Å². The van der Waals surface area contributed by atoms with E-state index in [-0.39, 0.29) is 6.54 Å². The molecule has 0 spiro atoms. The van der Waals surface area contributed by atoms with Crippen molar-refractivity contribution in [2.24, 2.45) is 5.73 Å². The van der Waals surface area contributed by atoms with Crippen molar-refractivity contribution in [3.63, 3.8) is 0 Å². The van der Waals surface area contributed by atoms with Gasteiger partial charge >= 0.3 is 5.97 Å². The maximum absolute atomic E-state index is 11.0. The third-order valence-corrected chi connectivity index (χ3v) is 2.93. The number of likely N-dealkylation sites (N-methyl/N-ethyl adjacent to an activating group) is 1. The zero-order valence-corrected chi connectivity index (χ0v) is 8.68. The highest BCUT2D eigenvalue weighted by Gasteiger charge is 2.26. The summed E-state index contributed by atoms with van der Waals surface area (Å²) >= 11 is 0. The van der Waals surface area contributed by atoms with Gasteiger partial charge in [0.1, 0.15) is 11.7 Å². The van der Waals surface area contributed by atoms with E-state index < -0.39 is 11.9 Å². The van der Waals surface area contributed by atoms with Crippen LogP contribution >= 0.6 is 0 Å². The van der Waals surface area contributed by atoms with E-state index in [4.69, 9.17) is 10.8 Å². The Kier molecular flexibility index (Phi) is 2.40. The summed E-state index contributed by atoms with van der Waals surface area (Å²) in [5, 5.41) is 9.04. The van der Waals surface area contributed by atoms with E-state index in [2.05, 4.69) is 4.90 Å². The van der Waals surface area contributed by atoms with Crippen molar-refractivity contribution in [1.82, 2.24) is 4.57 Å². The van der Waals surface area contributed by atoms with Gasteiger partial charge in [-0.3, -0.25) is 4.79 Å². The molecule has 0 aromatic carbocycles. The summed E-state index contributed by atoms with van der Waals surface area (Å²) in [7, 11) is 2.00. The van der Waals surface area contributed by atoms with E-state index in [0.717, 1.165) is 24.6 Å². The van der Waals surface area contributed by atoms with E-state index in [0.29, 0.717) is 0 Å². The number of carbonyl (C=O) groups is 1. The number of aromatic nitrogens is 1. The number of carboxylic acid groups (broad SMARTS) is 1. The fourth-order valence-electron chi connectivity index (χ4n) is 2.07. The molecule has 0 saturated carbocycles. The fourth-order valence-corrected chi connectivity index (χ4v) is 2.07. The first-order valence-electron chi connectivity index (χ1n) is 4.98. The largest absolute Gasteiger partial charge is 0.481 e. The van der Waals surface area contributed by atoms with Crippen LogP contribution in [0.2, 0.25) is 0 Å². The monoisotopic (exact) mass is 209 g/mol. The summed E-state index contributed by atoms with van der Waals surface area (Å²) in [4.78, 5) is 13.1. The molecule has 1 aromatic heterocycles. The lowest BCUT2D eigenvalue weighted by molar-refractivity contribution is -0.138. The lowest BCUT2D eigenvalue weighted by Gasteiger charge is -2.12. The maximum Gasteiger partial charge on any atom is 0.313 e. The number of nitrogens with zero attached hydrogens (tertiary/aromatic N) is 2. The topological polar surface area (TPSA) is 71.5 Å². The number of nitrogens with two attached hydrogens (primary N) is 1. The van der Waals surface area contributed by atoms with Gasteiger partial charge in [-0.25, -0.2) is 0 Å². The summed E-state index contributed by atoms with van der Waals surface area (Å²) < 4.78 is 2.03. The Morgan fingerprint density at radius 1 is 1.60 bits per heavy atom. The molecule has 15 heavy (non-hydrogen) atoms. The summed E-state index contributed by atoms with van der Waals surface area (Å²) in [6, 6.07) is 3.81. The second kappa shape index (κ2) is 3.58. The molecular formula is C10H15N3O2. The number of hydrogen-bond acceptors (Lipinski definition) is 3. The molecule has 3 N–H and O–H groups in total. The van der Waals surface area contributed by atoms with Crippen molar-refractivity contribution in [3.8, 4) is 0 Å². The molecule has 5 heteroatoms. The number of carboxylic acids is 1. The van der Waals surface area contributed by atoms with Crippen LogP contribution in [0.15, 0.2) is 12.1 Å². The number of rotatable bonds is 3. The third kappa shape index (κ3) is 1.48. The quantitative estimate of drug-likeness (QED) is 0.738. The normalized spacial score (nSPS) is 16.5. The molecule has 0 saturated heterocycles. The lowest BCUT2D eigenvalue weighted by Crippen LogP contribution is -2.23. The SMILES string of the molecule is CN1CCn2c(C(CN)C(=O)O)ccc21. The Balaban J connectivity index is 2.37. The van der Waals surface area contributed by atoms with Crippen LogP contribution in [-0.2, 0) is 11.3 Å². The fraction of sp³-hybridized carbons (Fsp3) is 0.500. The molecule has 2 rings (SSSR count). The molecule has 5 nitrogen and oxygen atoms in total. The van der Waals surface area contributed by atoms with Gasteiger partial charge in [-0.1, -0.05) is 0 Å². The van der Waals surface area contributed by atoms with Gasteiger partial charge in [0.15, 0.2) is 0 Å². The lowest BCUT2D eigenvalue weighted by atomic mass is 10.1. The number of fused-ring (bicyclic) bond motifs is 1. The van der Waals surface area contributed by atoms with E-state index in [1.807, 2.05) is 23.7 Å². The molecule has 0 amide bonds. The average molecular weight is 209 g/mol. The van der Waals surface area contributed by atoms with Crippen LogP contribution in [0.3, 0.4) is 0 Å². The van der Waals surface area contributed by atoms with Crippen LogP contribution in [-0.4, -0.2) is 35.8 Å². The molecule has 1 aromatic rings. The average Bonchev–Trinajstić information content (AvgIpc) is 2.72. The van der Waals surface area contributed by atoms with Gasteiger partial charge in [0.05, 0.1) is 0 Å². The summed E-state index contributed by atoms with van der Waals surface area (Å²) in [5.41, 5.74) is 6.30. The molecule has 2 heterocycles. The molecule has 1 aliphatic heterocycles. The summed E-state index contributed by atoms with van der Waals surface area (Å²) in [6.45, 7) is 1.92. The Morgan fingerprint density at radius 2 is 2.33 bits per heavy atom. The molecule has 0 radical (unpaired) electrons. The zero-order chi connectivity index (χ0) is 11.0. The molecular weight excluding hydrogens is 194 g/mol. The summed E-state index contributed by atoms with van der Waals surface area (Å²) in [6.07, 6.45) is 0. The molecule has 0 bridgehead atoms. The van der Waals surface area contributed by atoms with Gasteiger partial charge < -0.3 is 20.3 Å². The highest BCUT2D eigenvalue weighted by Crippen LogP contribution is 2.28. The van der Waals surface area contributed by atoms with Crippen molar-refractivity contribution in [2.75, 3.05) is 25.0 Å². The van der Waals surface area contributed by atoms with Crippen LogP contribution in [0.4, 0.5) is 5.82 Å². The minimum absolute atomic E-state index is 0.141. The highest BCUT2D eigenvalue weighted by molar-refractivity contribution is 5.76. The first kappa shape index (κ1) is 10.0. The Labute approximate surface area is 88.1 Å². The van der Waals surface area contributed by atoms with Crippen LogP contribution in [0, 0.1) is 0 Å². The van der Waals surface area contributed by atoms with Crippen LogP contribution in [0.5, 0.6) is 0 Å². The minimum atomic E-state index is -0.854. The minimum Gasteiger partial charge on any atom is -0.481 e. The first-order chi connectivity index (χ1) is 7.15. The number of anilines is 1. The molecule has 1 atom stereocenters. The van der Waals surface area contributed by atoms with Gasteiger partial charge in [-0.2, -0.15) is 0 Å². The standard InChI is InChI=1S/C10H15N3O2/c1-12-4-5-13-8(2-3-9(12)13)7(6-11)10(14)15/h2-3,7H,4-6,11H2,1H3,(H,14,15). The predicted octanol–water partition coefficient (Wildman–Crippen LogP) is 0.0648. The highest BCUT2D eigenvalue weighted by atomic mass is 16.4. The van der Waals surface area contributed by atoms with Gasteiger partial charge in [-0.15, -0.1) is 0 Å². The third-order valence-electron chi connectivity index (χ3n) is 2.93. The van der Waals surface area contributed by atoms with Crippen molar-refractivity contribution in [3.05, 3.63) is 17.8 Å². The first-order valence-corrected chi connectivity index (χ1v) is 4.98. The van der Waals surface area contributed by atoms with E-state index in [9.17, 15) is 4.79 Å². The molecule has 0 fully saturated rings. The second-order valence-electron chi connectivity index (χ2n) is 3.82. The van der Waals surface area contributed by atoms with Crippen molar-refractivity contribution in [1.29, 1.82) is 0 Å². The van der Waals surface area contributed by atoms with Gasteiger partial charge in [0.25, 0.3) is 0 Å². The smallest absolute Gasteiger partial charge is 0.313 e. The Morgan fingerprint density at radius 3 is 2.93 bits per heavy atom. The van der Waals surface area contributed by atoms with E-state index in [1.54, 1.807) is 0 Å². The van der Waals surface area contributed by atoms with Crippen LogP contribution in [0.1, 0.15) is 11.6 Å². The van der Waals surface area contributed by atoms with E-state index >= 15 is 0 Å². The number of aliphatic carboxylic acids is 1. The maximum atomic E-state index is 11.0. The predicted molar refractivity (Wildman–Crippen MR) is 57.1 cm³/mol. The van der Waals surface area contributed by atoms with Crippen LogP contribution in [0.25, 0.3) is 0 Å². The second-order valence-corrected chi connectivity index (χ2v) is 3.82. The van der Waals surface area contributed by atoms with Crippen molar-refractivity contribution < 1.29 is 9.90 Å². The molecule has 1 unspecified atom stereocenters. The van der Waals surface area contributed by atoms with E-state index in [1.165, 1.54) is 0 Å². The molecule has 82 valence electrons. The molecule has 0 aliphatic carbocycles. The van der Waals surface area contributed by atoms with Gasteiger partial charge in [0, 0.05) is 32.4 Å². The van der Waals surface area contributed by atoms with Gasteiger partial charge in [-0.05, 0) is 12.1 Å². The number of hydrogen-bond donors (Lipinski definition) is 2. The zero-order valence-electron chi connectivity index (χ0n) is 8.68. The molecule has 1 aliphatic rings. The van der Waals surface area contributed by atoms with Crippen molar-refractivity contribution in [2.45, 2.75) is 12.5 Å². The Hall–Kier alpha value is -1.49. The summed E-state index contributed by atoms with van der Waals surface area (Å²) in [5.74, 6) is -0.372. The van der Waals surface area contributed by atoms with Gasteiger partial charge in [0.2, 0.25) is 0 Å².